The lowest BCUT2D eigenvalue weighted by molar-refractivity contribution is 0.112. The molecule has 0 spiro atoms. The van der Waals surface area contributed by atoms with Gasteiger partial charge in [0.05, 0.1) is 0 Å². The van der Waals surface area contributed by atoms with Gasteiger partial charge >= 0.3 is 12.2 Å². The molecule has 7 nitrogen and oxygen atoms in total. The van der Waals surface area contributed by atoms with E-state index in [0.717, 1.165) is 0 Å². The van der Waals surface area contributed by atoms with Gasteiger partial charge in [0.2, 0.25) is 0 Å². The minimum absolute atomic E-state index is 0.237. The molecule has 112 valence electrons. The largest absolute Gasteiger partial charge is 0.465 e. The fraction of sp³-hybridized carbons (Fsp3) is 0.231. The SMILES string of the molecule is O=C(Nc1ccc(F)cc1)ONC1=CCN(C(=O)O)CC1. The lowest BCUT2D eigenvalue weighted by Gasteiger charge is -2.23. The molecule has 0 atom stereocenters. The predicted octanol–water partition coefficient (Wildman–Crippen LogP) is 2.15. The molecule has 3 N–H and O–H groups in total. The monoisotopic (exact) mass is 295 g/mol. The van der Waals surface area contributed by atoms with Gasteiger partial charge in [-0.25, -0.2) is 19.5 Å². The first-order valence-corrected chi connectivity index (χ1v) is 6.21. The fourth-order valence-corrected chi connectivity index (χ4v) is 1.72. The van der Waals surface area contributed by atoms with E-state index in [2.05, 4.69) is 10.8 Å². The number of anilines is 1. The normalized spacial score (nSPS) is 14.1. The van der Waals surface area contributed by atoms with Crippen LogP contribution in [0, 0.1) is 5.82 Å². The van der Waals surface area contributed by atoms with Crippen LogP contribution in [-0.4, -0.2) is 35.3 Å². The molecule has 0 unspecified atom stereocenters. The second-order valence-corrected chi connectivity index (χ2v) is 4.33. The standard InChI is InChI=1S/C13H14FN3O4/c14-9-1-3-10(4-2-9)15-12(18)21-16-11-5-7-17(8-6-11)13(19)20/h1-5,16H,6-8H2,(H,15,18)(H,19,20). The van der Waals surface area contributed by atoms with Gasteiger partial charge in [0.1, 0.15) is 5.82 Å². The van der Waals surface area contributed by atoms with Gasteiger partial charge in [-0.2, -0.15) is 0 Å². The molecule has 2 rings (SSSR count). The summed E-state index contributed by atoms with van der Waals surface area (Å²) in [6.45, 7) is 0.567. The summed E-state index contributed by atoms with van der Waals surface area (Å²) < 4.78 is 12.7. The van der Waals surface area contributed by atoms with Crippen LogP contribution in [0.2, 0.25) is 0 Å². The van der Waals surface area contributed by atoms with Gasteiger partial charge < -0.3 is 14.8 Å². The van der Waals surface area contributed by atoms with Crippen molar-refractivity contribution in [2.24, 2.45) is 0 Å². The molecule has 1 aromatic carbocycles. The van der Waals surface area contributed by atoms with Crippen molar-refractivity contribution >= 4 is 17.9 Å². The summed E-state index contributed by atoms with van der Waals surface area (Å²) in [5.74, 6) is -0.401. The van der Waals surface area contributed by atoms with E-state index in [4.69, 9.17) is 9.94 Å². The number of carbonyl (C=O) groups excluding carboxylic acids is 1. The van der Waals surface area contributed by atoms with E-state index in [-0.39, 0.29) is 6.54 Å². The van der Waals surface area contributed by atoms with Crippen molar-refractivity contribution in [2.75, 3.05) is 18.4 Å². The molecular weight excluding hydrogens is 281 g/mol. The number of hydrogen-bond donors (Lipinski definition) is 3. The van der Waals surface area contributed by atoms with E-state index in [0.29, 0.717) is 24.4 Å². The number of carbonyl (C=O) groups is 2. The molecule has 0 aromatic heterocycles. The molecule has 0 saturated carbocycles. The highest BCUT2D eigenvalue weighted by Crippen LogP contribution is 2.10. The summed E-state index contributed by atoms with van der Waals surface area (Å²) in [7, 11) is 0. The van der Waals surface area contributed by atoms with Crippen LogP contribution >= 0.6 is 0 Å². The van der Waals surface area contributed by atoms with Gasteiger partial charge in [0.25, 0.3) is 0 Å². The van der Waals surface area contributed by atoms with Crippen LogP contribution in [0.4, 0.5) is 19.7 Å². The summed E-state index contributed by atoms with van der Waals surface area (Å²) in [5, 5.41) is 11.2. The van der Waals surface area contributed by atoms with Crippen molar-refractivity contribution in [3.8, 4) is 0 Å². The van der Waals surface area contributed by atoms with Crippen LogP contribution in [-0.2, 0) is 4.84 Å². The zero-order valence-corrected chi connectivity index (χ0v) is 11.0. The molecule has 21 heavy (non-hydrogen) atoms. The van der Waals surface area contributed by atoms with Crippen molar-refractivity contribution in [3.05, 3.63) is 41.9 Å². The molecule has 0 aliphatic carbocycles. The predicted molar refractivity (Wildman–Crippen MR) is 71.9 cm³/mol. The van der Waals surface area contributed by atoms with Crippen molar-refractivity contribution in [3.63, 3.8) is 0 Å². The maximum absolute atomic E-state index is 12.7. The first-order valence-electron chi connectivity index (χ1n) is 6.21. The molecule has 2 amide bonds. The number of halogens is 1. The summed E-state index contributed by atoms with van der Waals surface area (Å²) in [6, 6.07) is 5.24. The molecular formula is C13H14FN3O4. The molecule has 8 heteroatoms. The van der Waals surface area contributed by atoms with Crippen LogP contribution in [0.5, 0.6) is 0 Å². The van der Waals surface area contributed by atoms with Crippen LogP contribution in [0.25, 0.3) is 0 Å². The van der Waals surface area contributed by atoms with E-state index in [1.807, 2.05) is 0 Å². The Hall–Kier alpha value is -2.77. The number of benzene rings is 1. The number of nitrogens with one attached hydrogen (secondary N) is 2. The molecule has 0 bridgehead atoms. The van der Waals surface area contributed by atoms with E-state index >= 15 is 0 Å². The summed E-state index contributed by atoms with van der Waals surface area (Å²) >= 11 is 0. The highest BCUT2D eigenvalue weighted by Gasteiger charge is 2.16. The Morgan fingerprint density at radius 3 is 2.57 bits per heavy atom. The first-order chi connectivity index (χ1) is 10.0. The number of rotatable bonds is 3. The van der Waals surface area contributed by atoms with Crippen LogP contribution < -0.4 is 10.8 Å². The minimum atomic E-state index is -0.986. The molecule has 1 aromatic rings. The Morgan fingerprint density at radius 1 is 1.29 bits per heavy atom. The van der Waals surface area contributed by atoms with Gasteiger partial charge in [-0.1, -0.05) is 0 Å². The topological polar surface area (TPSA) is 90.9 Å². The van der Waals surface area contributed by atoms with Gasteiger partial charge in [0, 0.05) is 30.9 Å². The summed E-state index contributed by atoms with van der Waals surface area (Å²) in [5.41, 5.74) is 3.50. The molecule has 0 saturated heterocycles. The second kappa shape index (κ2) is 6.60. The Bertz CT molecular complexity index is 559. The summed E-state index contributed by atoms with van der Waals surface area (Å²) in [4.78, 5) is 28.2. The average Bonchev–Trinajstić information content (AvgIpc) is 2.48. The number of amides is 2. The number of carboxylic acid groups (broad SMARTS) is 1. The summed E-state index contributed by atoms with van der Waals surface area (Å²) in [6.07, 6.45) is 0.322. The second-order valence-electron chi connectivity index (χ2n) is 4.33. The number of hydroxylamine groups is 1. The molecule has 1 aliphatic heterocycles. The molecule has 0 fully saturated rings. The van der Waals surface area contributed by atoms with E-state index in [1.165, 1.54) is 29.2 Å². The Morgan fingerprint density at radius 2 is 2.00 bits per heavy atom. The Balaban J connectivity index is 1.77. The van der Waals surface area contributed by atoms with Crippen molar-refractivity contribution in [2.45, 2.75) is 6.42 Å². The van der Waals surface area contributed by atoms with Crippen LogP contribution in [0.1, 0.15) is 6.42 Å². The Kier molecular flexibility index (Phi) is 4.60. The minimum Gasteiger partial charge on any atom is -0.465 e. The highest BCUT2D eigenvalue weighted by molar-refractivity contribution is 5.84. The molecule has 1 heterocycles. The smallest absolute Gasteiger partial charge is 0.435 e. The quantitative estimate of drug-likeness (QED) is 0.743. The zero-order valence-electron chi connectivity index (χ0n) is 11.0. The molecule has 0 radical (unpaired) electrons. The van der Waals surface area contributed by atoms with Gasteiger partial charge in [-0.15, -0.1) is 0 Å². The third-order valence-corrected chi connectivity index (χ3v) is 2.85. The number of nitrogens with zero attached hydrogens (tertiary/aromatic N) is 1. The van der Waals surface area contributed by atoms with Crippen LogP contribution in [0.15, 0.2) is 36.0 Å². The van der Waals surface area contributed by atoms with E-state index < -0.39 is 18.0 Å². The highest BCUT2D eigenvalue weighted by atomic mass is 19.1. The molecule has 1 aliphatic rings. The first kappa shape index (κ1) is 14.6. The third kappa shape index (κ3) is 4.37. The fourth-order valence-electron chi connectivity index (χ4n) is 1.72. The maximum Gasteiger partial charge on any atom is 0.435 e. The van der Waals surface area contributed by atoms with Crippen LogP contribution in [0.3, 0.4) is 0 Å². The van der Waals surface area contributed by atoms with Gasteiger partial charge in [-0.3, -0.25) is 5.32 Å². The number of hydrogen-bond acceptors (Lipinski definition) is 4. The zero-order chi connectivity index (χ0) is 15.2. The van der Waals surface area contributed by atoms with Crippen molar-refractivity contribution in [1.82, 2.24) is 10.4 Å². The van der Waals surface area contributed by atoms with Crippen molar-refractivity contribution < 1.29 is 23.9 Å². The lowest BCUT2D eigenvalue weighted by Crippen LogP contribution is -2.36. The van der Waals surface area contributed by atoms with Gasteiger partial charge in [0.15, 0.2) is 0 Å². The Labute approximate surface area is 120 Å². The maximum atomic E-state index is 12.7. The van der Waals surface area contributed by atoms with E-state index in [9.17, 15) is 14.0 Å². The van der Waals surface area contributed by atoms with Gasteiger partial charge in [-0.05, 0) is 30.3 Å². The third-order valence-electron chi connectivity index (χ3n) is 2.85. The average molecular weight is 295 g/mol. The lowest BCUT2D eigenvalue weighted by atomic mass is 10.2. The van der Waals surface area contributed by atoms with E-state index in [1.54, 1.807) is 6.08 Å². The van der Waals surface area contributed by atoms with Crippen molar-refractivity contribution in [1.29, 1.82) is 0 Å².